The van der Waals surface area contributed by atoms with Crippen molar-refractivity contribution in [2.45, 2.75) is 58.9 Å². The van der Waals surface area contributed by atoms with Gasteiger partial charge < -0.3 is 4.74 Å². The third-order valence-electron chi connectivity index (χ3n) is 3.54. The highest BCUT2D eigenvalue weighted by atomic mass is 16.5. The highest BCUT2D eigenvalue weighted by molar-refractivity contribution is 6.00. The molecular weight excluding hydrogens is 316 g/mol. The minimum atomic E-state index is -0.604. The Bertz CT molecular complexity index is 651. The lowest BCUT2D eigenvalue weighted by Crippen LogP contribution is -2.55. The number of hydrazine groups is 1. The third kappa shape index (κ3) is 6.50. The summed E-state index contributed by atoms with van der Waals surface area (Å²) in [7, 11) is 1.50. The number of rotatable bonds is 5. The van der Waals surface area contributed by atoms with Gasteiger partial charge in [-0.1, -0.05) is 37.8 Å². The van der Waals surface area contributed by atoms with Crippen molar-refractivity contribution in [1.82, 2.24) is 10.4 Å². The van der Waals surface area contributed by atoms with Gasteiger partial charge in [-0.3, -0.25) is 15.0 Å². The number of ether oxygens (including phenoxy) is 1. The lowest BCUT2D eigenvalue weighted by Gasteiger charge is -2.34. The number of amides is 2. The zero-order chi connectivity index (χ0) is 18.9. The van der Waals surface area contributed by atoms with Crippen molar-refractivity contribution in [2.24, 2.45) is 0 Å². The van der Waals surface area contributed by atoms with E-state index in [-0.39, 0.29) is 0 Å². The van der Waals surface area contributed by atoms with E-state index in [1.807, 2.05) is 20.8 Å². The van der Waals surface area contributed by atoms with E-state index < -0.39 is 17.4 Å². The first-order valence-corrected chi connectivity index (χ1v) is 8.58. The Labute approximate surface area is 150 Å². The molecule has 0 heterocycles. The smallest absolute Gasteiger partial charge is 0.317 e. The summed E-state index contributed by atoms with van der Waals surface area (Å²) in [6.45, 7) is 7.64. The fraction of sp³-hybridized carbons (Fsp3) is 0.500. The maximum absolute atomic E-state index is 12.6. The van der Waals surface area contributed by atoms with Crippen molar-refractivity contribution in [3.05, 3.63) is 29.8 Å². The van der Waals surface area contributed by atoms with E-state index in [1.165, 1.54) is 12.1 Å². The van der Waals surface area contributed by atoms with Crippen LogP contribution in [0.3, 0.4) is 0 Å². The molecule has 25 heavy (non-hydrogen) atoms. The standard InChI is InChI=1S/C20H28N2O3/c1-6-7-8-9-10-15-18(23)22(20(2,3)4)21-19(24)16-13-11-12-14-17(16)25-5/h11-14H,6-9H2,1-5H3,(H,21,24). The van der Waals surface area contributed by atoms with Crippen molar-refractivity contribution in [3.8, 4) is 17.6 Å². The van der Waals surface area contributed by atoms with E-state index in [0.29, 0.717) is 17.7 Å². The van der Waals surface area contributed by atoms with Crippen LogP contribution >= 0.6 is 0 Å². The molecule has 0 saturated carbocycles. The van der Waals surface area contributed by atoms with Gasteiger partial charge in [-0.15, -0.1) is 0 Å². The van der Waals surface area contributed by atoms with Gasteiger partial charge in [0.1, 0.15) is 5.75 Å². The summed E-state index contributed by atoms with van der Waals surface area (Å²) in [5.74, 6) is 5.13. The molecule has 5 heteroatoms. The van der Waals surface area contributed by atoms with Gasteiger partial charge in [0, 0.05) is 6.42 Å². The van der Waals surface area contributed by atoms with Gasteiger partial charge >= 0.3 is 5.91 Å². The van der Waals surface area contributed by atoms with Crippen LogP contribution in [0.15, 0.2) is 24.3 Å². The van der Waals surface area contributed by atoms with Crippen LogP contribution in [0.4, 0.5) is 0 Å². The van der Waals surface area contributed by atoms with E-state index in [9.17, 15) is 9.59 Å². The molecular formula is C20H28N2O3. The number of hydrogen-bond acceptors (Lipinski definition) is 3. The number of benzene rings is 1. The molecule has 0 fully saturated rings. The molecule has 0 saturated heterocycles. The lowest BCUT2D eigenvalue weighted by atomic mass is 10.1. The van der Waals surface area contributed by atoms with E-state index in [1.54, 1.807) is 24.3 Å². The normalized spacial score (nSPS) is 10.4. The van der Waals surface area contributed by atoms with Crippen LogP contribution in [0.25, 0.3) is 0 Å². The molecule has 0 aliphatic rings. The summed E-state index contributed by atoms with van der Waals surface area (Å²) >= 11 is 0. The minimum Gasteiger partial charge on any atom is -0.496 e. The Balaban J connectivity index is 2.89. The summed E-state index contributed by atoms with van der Waals surface area (Å²) < 4.78 is 5.20. The van der Waals surface area contributed by atoms with Crippen molar-refractivity contribution in [2.75, 3.05) is 7.11 Å². The summed E-state index contributed by atoms with van der Waals surface area (Å²) in [4.78, 5) is 25.0. The number of hydrogen-bond donors (Lipinski definition) is 1. The van der Waals surface area contributed by atoms with Crippen LogP contribution in [0.2, 0.25) is 0 Å². The predicted octanol–water partition coefficient (Wildman–Crippen LogP) is 3.55. The van der Waals surface area contributed by atoms with Gasteiger partial charge in [0.2, 0.25) is 0 Å². The second kappa shape index (κ2) is 9.73. The zero-order valence-corrected chi connectivity index (χ0v) is 15.8. The van der Waals surface area contributed by atoms with Crippen LogP contribution in [-0.4, -0.2) is 29.5 Å². The molecule has 1 N–H and O–H groups in total. The molecule has 1 aromatic rings. The monoisotopic (exact) mass is 344 g/mol. The third-order valence-corrected chi connectivity index (χ3v) is 3.54. The number of unbranched alkanes of at least 4 members (excludes halogenated alkanes) is 3. The Hall–Kier alpha value is -2.48. The first kappa shape index (κ1) is 20.6. The van der Waals surface area contributed by atoms with Crippen LogP contribution in [0.5, 0.6) is 5.75 Å². The quantitative estimate of drug-likeness (QED) is 0.505. The maximum Gasteiger partial charge on any atom is 0.317 e. The molecule has 0 aliphatic heterocycles. The maximum atomic E-state index is 12.6. The molecule has 136 valence electrons. The van der Waals surface area contributed by atoms with Gasteiger partial charge in [-0.05, 0) is 45.2 Å². The molecule has 0 aliphatic carbocycles. The van der Waals surface area contributed by atoms with Gasteiger partial charge in [-0.25, -0.2) is 5.01 Å². The number of para-hydroxylation sites is 1. The second-order valence-electron chi connectivity index (χ2n) is 6.71. The van der Waals surface area contributed by atoms with E-state index in [0.717, 1.165) is 19.3 Å². The first-order chi connectivity index (χ1) is 11.8. The summed E-state index contributed by atoms with van der Waals surface area (Å²) in [6.07, 6.45) is 3.85. The number of nitrogens with zero attached hydrogens (tertiary/aromatic N) is 1. The van der Waals surface area contributed by atoms with E-state index >= 15 is 0 Å². The average molecular weight is 344 g/mol. The molecule has 0 spiro atoms. The summed E-state index contributed by atoms with van der Waals surface area (Å²) in [6, 6.07) is 6.87. The van der Waals surface area contributed by atoms with Crippen LogP contribution in [0, 0.1) is 11.8 Å². The largest absolute Gasteiger partial charge is 0.496 e. The van der Waals surface area contributed by atoms with Crippen LogP contribution in [0.1, 0.15) is 63.7 Å². The van der Waals surface area contributed by atoms with Crippen molar-refractivity contribution >= 4 is 11.8 Å². The SMILES string of the molecule is CCCCCC#CC(=O)N(NC(=O)c1ccccc1OC)C(C)(C)C. The Morgan fingerprint density at radius 2 is 1.88 bits per heavy atom. The highest BCUT2D eigenvalue weighted by Gasteiger charge is 2.28. The molecule has 0 radical (unpaired) electrons. The molecule has 1 rings (SSSR count). The van der Waals surface area contributed by atoms with Gasteiger partial charge in [-0.2, -0.15) is 0 Å². The summed E-state index contributed by atoms with van der Waals surface area (Å²) in [5, 5.41) is 1.27. The van der Waals surface area contributed by atoms with Crippen LogP contribution < -0.4 is 10.2 Å². The number of carbonyl (C=O) groups is 2. The molecule has 2 amide bonds. The fourth-order valence-corrected chi connectivity index (χ4v) is 2.17. The van der Waals surface area contributed by atoms with Gasteiger partial charge in [0.25, 0.3) is 5.91 Å². The van der Waals surface area contributed by atoms with E-state index in [4.69, 9.17) is 4.74 Å². The predicted molar refractivity (Wildman–Crippen MR) is 99.0 cm³/mol. The topological polar surface area (TPSA) is 58.6 Å². The molecule has 0 unspecified atom stereocenters. The number of nitrogens with one attached hydrogen (secondary N) is 1. The fourth-order valence-electron chi connectivity index (χ4n) is 2.17. The molecule has 5 nitrogen and oxygen atoms in total. The Morgan fingerprint density at radius 3 is 2.48 bits per heavy atom. The Morgan fingerprint density at radius 1 is 1.20 bits per heavy atom. The summed E-state index contributed by atoms with van der Waals surface area (Å²) in [5.41, 5.74) is 2.42. The first-order valence-electron chi connectivity index (χ1n) is 8.58. The average Bonchev–Trinajstić information content (AvgIpc) is 2.58. The van der Waals surface area contributed by atoms with Crippen LogP contribution in [-0.2, 0) is 4.79 Å². The number of methoxy groups -OCH3 is 1. The van der Waals surface area contributed by atoms with Crippen molar-refractivity contribution in [1.29, 1.82) is 0 Å². The van der Waals surface area contributed by atoms with Gasteiger partial charge in [0.05, 0.1) is 18.2 Å². The minimum absolute atomic E-state index is 0.364. The van der Waals surface area contributed by atoms with Crippen molar-refractivity contribution in [3.63, 3.8) is 0 Å². The zero-order valence-electron chi connectivity index (χ0n) is 15.8. The lowest BCUT2D eigenvalue weighted by molar-refractivity contribution is -0.132. The van der Waals surface area contributed by atoms with Gasteiger partial charge in [0.15, 0.2) is 0 Å². The molecule has 1 aromatic carbocycles. The second-order valence-corrected chi connectivity index (χ2v) is 6.71. The van der Waals surface area contributed by atoms with Crippen molar-refractivity contribution < 1.29 is 14.3 Å². The number of carbonyl (C=O) groups excluding carboxylic acids is 2. The molecule has 0 aromatic heterocycles. The molecule has 0 atom stereocenters. The molecule has 0 bridgehead atoms. The highest BCUT2D eigenvalue weighted by Crippen LogP contribution is 2.18. The Kier molecular flexibility index (Phi) is 8.00. The van der Waals surface area contributed by atoms with E-state index in [2.05, 4.69) is 24.2 Å².